The molecular formula is C32H39N7O3. The van der Waals surface area contributed by atoms with E-state index in [9.17, 15) is 15.0 Å². The molecule has 0 amide bonds. The summed E-state index contributed by atoms with van der Waals surface area (Å²) in [6.07, 6.45) is 16.4. The normalized spacial score (nSPS) is 15.2. The first kappa shape index (κ1) is 31.9. The van der Waals surface area contributed by atoms with Crippen LogP contribution in [-0.4, -0.2) is 48.8 Å². The maximum atomic E-state index is 11.3. The van der Waals surface area contributed by atoms with Crippen molar-refractivity contribution in [2.75, 3.05) is 18.0 Å². The van der Waals surface area contributed by atoms with Crippen molar-refractivity contribution in [2.45, 2.75) is 45.1 Å². The fourth-order valence-electron chi connectivity index (χ4n) is 4.38. The van der Waals surface area contributed by atoms with Gasteiger partial charge >= 0.3 is 5.97 Å². The molecule has 0 bridgehead atoms. The number of aliphatic carboxylic acids is 1. The molecule has 10 nitrogen and oxygen atoms in total. The van der Waals surface area contributed by atoms with Gasteiger partial charge in [0.2, 0.25) is 5.95 Å². The quantitative estimate of drug-likeness (QED) is 0.210. The molecule has 10 heteroatoms. The second-order valence-electron chi connectivity index (χ2n) is 9.91. The molecule has 0 radical (unpaired) electrons. The molecular weight excluding hydrogens is 530 g/mol. The smallest absolute Gasteiger partial charge is 0.332 e. The number of aliphatic hydroxyl groups is 1. The summed E-state index contributed by atoms with van der Waals surface area (Å²) in [5.74, 6) is -1.39. The maximum Gasteiger partial charge on any atom is 0.332 e. The van der Waals surface area contributed by atoms with E-state index in [0.29, 0.717) is 24.2 Å². The molecule has 4 rings (SSSR count). The molecule has 0 saturated carbocycles. The second-order valence-corrected chi connectivity index (χ2v) is 9.91. The van der Waals surface area contributed by atoms with Gasteiger partial charge in [0.25, 0.3) is 0 Å². The highest BCUT2D eigenvalue weighted by Crippen LogP contribution is 2.21. The van der Waals surface area contributed by atoms with Gasteiger partial charge in [-0.3, -0.25) is 0 Å². The molecule has 0 aliphatic heterocycles. The van der Waals surface area contributed by atoms with Crippen LogP contribution in [0.4, 0.5) is 11.8 Å². The van der Waals surface area contributed by atoms with E-state index in [1.165, 1.54) is 17.3 Å². The third kappa shape index (κ3) is 9.46. The van der Waals surface area contributed by atoms with Crippen molar-refractivity contribution in [3.8, 4) is 0 Å². The van der Waals surface area contributed by atoms with Crippen molar-refractivity contribution in [3.63, 3.8) is 0 Å². The van der Waals surface area contributed by atoms with Crippen LogP contribution in [0.1, 0.15) is 37.6 Å². The van der Waals surface area contributed by atoms with Crippen LogP contribution >= 0.6 is 0 Å². The molecule has 2 atom stereocenters. The standard InChI is InChI=1S/C17H18N6O3.C15H21N/c18-14-11-8-20-12(21-15(11)23-17(19)22-14)7-10(13(24)16(25)26)6-9-4-2-1-3-5-9;1-3-7-15(13(2)12-16)11-10-14-8-5-4-6-9-14/h1-5,8,10,13,24H,6-7H2,(H,25,26)(H4,18,19,20,21,22,23);4-6,8,10-11H,2-3,7,9,12,16H2,1H3/b;14-10-,15-11-. The number of aliphatic hydroxyl groups excluding tert-OH is 1. The summed E-state index contributed by atoms with van der Waals surface area (Å²) in [6, 6.07) is 9.32. The van der Waals surface area contributed by atoms with E-state index in [-0.39, 0.29) is 23.8 Å². The summed E-state index contributed by atoms with van der Waals surface area (Å²) in [5.41, 5.74) is 21.8. The number of fused-ring (bicyclic) bond motifs is 1. The molecule has 220 valence electrons. The van der Waals surface area contributed by atoms with Crippen molar-refractivity contribution in [1.82, 2.24) is 19.9 Å². The molecule has 2 unspecified atom stereocenters. The maximum absolute atomic E-state index is 11.3. The van der Waals surface area contributed by atoms with E-state index in [1.54, 1.807) is 0 Å². The monoisotopic (exact) mass is 569 g/mol. The number of aromatic nitrogens is 4. The summed E-state index contributed by atoms with van der Waals surface area (Å²) in [5, 5.41) is 19.8. The minimum Gasteiger partial charge on any atom is -0.479 e. The highest BCUT2D eigenvalue weighted by atomic mass is 16.4. The number of rotatable bonds is 11. The Morgan fingerprint density at radius 2 is 1.88 bits per heavy atom. The Bertz CT molecular complexity index is 1500. The number of allylic oxidation sites excluding steroid dienone is 7. The first-order chi connectivity index (χ1) is 20.2. The van der Waals surface area contributed by atoms with Gasteiger partial charge in [-0.25, -0.2) is 14.8 Å². The molecule has 42 heavy (non-hydrogen) atoms. The SMILES string of the molecule is C=C(CN)/C(=C\C=C1\C=CC=CC1)CCC.Nc1nc(N)c2cnc(CC(Cc3ccccc3)C(O)C(=O)O)nc2n1. The van der Waals surface area contributed by atoms with Gasteiger partial charge in [0.15, 0.2) is 11.8 Å². The summed E-state index contributed by atoms with van der Waals surface area (Å²) >= 11 is 0. The lowest BCUT2D eigenvalue weighted by atomic mass is 9.90. The number of carbonyl (C=O) groups is 1. The van der Waals surface area contributed by atoms with Gasteiger partial charge in [-0.05, 0) is 41.5 Å². The van der Waals surface area contributed by atoms with E-state index < -0.39 is 18.0 Å². The molecule has 1 aliphatic rings. The number of benzene rings is 1. The van der Waals surface area contributed by atoms with Crippen LogP contribution in [-0.2, 0) is 17.6 Å². The lowest BCUT2D eigenvalue weighted by Crippen LogP contribution is -2.32. The fraction of sp³-hybridized carbons (Fsp3) is 0.281. The van der Waals surface area contributed by atoms with Gasteiger partial charge in [-0.2, -0.15) is 9.97 Å². The summed E-state index contributed by atoms with van der Waals surface area (Å²) in [6.45, 7) is 6.72. The predicted molar refractivity (Wildman–Crippen MR) is 167 cm³/mol. The molecule has 0 saturated heterocycles. The zero-order chi connectivity index (χ0) is 30.5. The first-order valence-corrected chi connectivity index (χ1v) is 13.8. The van der Waals surface area contributed by atoms with Gasteiger partial charge in [-0.1, -0.05) is 86.7 Å². The van der Waals surface area contributed by atoms with Crippen LogP contribution in [0, 0.1) is 5.92 Å². The van der Waals surface area contributed by atoms with Crippen molar-refractivity contribution < 1.29 is 15.0 Å². The highest BCUT2D eigenvalue weighted by Gasteiger charge is 2.27. The van der Waals surface area contributed by atoms with Gasteiger partial charge in [0.1, 0.15) is 11.6 Å². The van der Waals surface area contributed by atoms with Crippen molar-refractivity contribution in [2.24, 2.45) is 11.7 Å². The molecule has 0 spiro atoms. The minimum atomic E-state index is -1.55. The van der Waals surface area contributed by atoms with Crippen LogP contribution in [0.15, 0.2) is 96.3 Å². The molecule has 2 aromatic heterocycles. The molecule has 8 N–H and O–H groups in total. The Labute approximate surface area is 246 Å². The van der Waals surface area contributed by atoms with E-state index in [1.807, 2.05) is 30.3 Å². The number of carboxylic acid groups (broad SMARTS) is 1. The van der Waals surface area contributed by atoms with Crippen molar-refractivity contribution in [1.29, 1.82) is 0 Å². The molecule has 1 aliphatic carbocycles. The number of nitrogens with two attached hydrogens (primary N) is 3. The van der Waals surface area contributed by atoms with Gasteiger partial charge in [0, 0.05) is 25.1 Å². The number of carboxylic acids is 1. The Kier molecular flexibility index (Phi) is 12.1. The Morgan fingerprint density at radius 1 is 1.12 bits per heavy atom. The minimum absolute atomic E-state index is 0.00828. The summed E-state index contributed by atoms with van der Waals surface area (Å²) in [7, 11) is 0. The van der Waals surface area contributed by atoms with Crippen molar-refractivity contribution in [3.05, 3.63) is 108 Å². The van der Waals surface area contributed by atoms with Gasteiger partial charge in [0.05, 0.1) is 5.39 Å². The zero-order valence-electron chi connectivity index (χ0n) is 23.9. The molecule has 2 heterocycles. The second kappa shape index (κ2) is 15.9. The third-order valence-corrected chi connectivity index (χ3v) is 6.66. The topological polar surface area (TPSA) is 187 Å². The molecule has 3 aromatic rings. The van der Waals surface area contributed by atoms with Crippen LogP contribution in [0.5, 0.6) is 0 Å². The average Bonchev–Trinajstić information content (AvgIpc) is 2.99. The number of nitrogen functional groups attached to an aromatic ring is 2. The van der Waals surface area contributed by atoms with E-state index in [0.717, 1.165) is 30.4 Å². The Hall–Kier alpha value is -4.67. The lowest BCUT2D eigenvalue weighted by molar-refractivity contribution is -0.149. The summed E-state index contributed by atoms with van der Waals surface area (Å²) in [4.78, 5) is 27.6. The largest absolute Gasteiger partial charge is 0.479 e. The van der Waals surface area contributed by atoms with Gasteiger partial charge in [-0.15, -0.1) is 0 Å². The fourth-order valence-corrected chi connectivity index (χ4v) is 4.38. The van der Waals surface area contributed by atoms with Crippen LogP contribution in [0.3, 0.4) is 0 Å². The van der Waals surface area contributed by atoms with E-state index in [4.69, 9.17) is 17.2 Å². The third-order valence-electron chi connectivity index (χ3n) is 6.66. The van der Waals surface area contributed by atoms with Crippen LogP contribution in [0.2, 0.25) is 0 Å². The van der Waals surface area contributed by atoms with Crippen molar-refractivity contribution >= 4 is 28.8 Å². The molecule has 1 aromatic carbocycles. The number of hydrogen-bond acceptors (Lipinski definition) is 9. The number of nitrogens with zero attached hydrogens (tertiary/aromatic N) is 4. The predicted octanol–water partition coefficient (Wildman–Crippen LogP) is 4.10. The van der Waals surface area contributed by atoms with E-state index in [2.05, 4.69) is 69.9 Å². The van der Waals surface area contributed by atoms with Crippen LogP contribution < -0.4 is 17.2 Å². The Balaban J connectivity index is 0.000000260. The Morgan fingerprint density at radius 3 is 2.52 bits per heavy atom. The lowest BCUT2D eigenvalue weighted by Gasteiger charge is -2.19. The van der Waals surface area contributed by atoms with Gasteiger partial charge < -0.3 is 27.4 Å². The highest BCUT2D eigenvalue weighted by molar-refractivity contribution is 5.85. The number of hydrogen-bond donors (Lipinski definition) is 5. The van der Waals surface area contributed by atoms with Crippen LogP contribution in [0.25, 0.3) is 11.0 Å². The number of anilines is 2. The van der Waals surface area contributed by atoms with E-state index >= 15 is 0 Å². The zero-order valence-corrected chi connectivity index (χ0v) is 23.9. The average molecular weight is 570 g/mol. The first-order valence-electron chi connectivity index (χ1n) is 13.8. The molecule has 0 fully saturated rings. The summed E-state index contributed by atoms with van der Waals surface area (Å²) < 4.78 is 0.